The van der Waals surface area contributed by atoms with Gasteiger partial charge in [0.1, 0.15) is 56.7 Å². The van der Waals surface area contributed by atoms with Crippen LogP contribution >= 0.6 is 11.6 Å². The molecule has 3 rings (SSSR count). The monoisotopic (exact) mass is 1600 g/mol. The third-order valence-corrected chi connectivity index (χ3v) is 14.1. The van der Waals surface area contributed by atoms with Gasteiger partial charge in [-0.25, -0.2) is 9.59 Å². The highest BCUT2D eigenvalue weighted by Gasteiger charge is 2.35. The number of non-ortho nitro benzene ring substituents is 1. The van der Waals surface area contributed by atoms with Crippen molar-refractivity contribution < 1.29 is 122 Å². The fourth-order valence-corrected chi connectivity index (χ4v) is 9.62. The zero-order chi connectivity index (χ0) is 87.7. The molecule has 0 spiro atoms. The number of aryl methyl sites for hydroxylation is 1. The van der Waals surface area contributed by atoms with E-state index in [9.17, 15) is 76.4 Å². The summed E-state index contributed by atoms with van der Waals surface area (Å²) in [6, 6.07) is 18.7. The summed E-state index contributed by atoms with van der Waals surface area (Å²) in [5.41, 5.74) is 8.30. The normalized spacial score (nSPS) is 12.5. The number of rotatable bonds is 36. The first-order chi connectivity index (χ1) is 52.0. The molecule has 3 aromatic rings. The van der Waals surface area contributed by atoms with Crippen molar-refractivity contribution in [3.63, 3.8) is 0 Å². The number of benzene rings is 3. The van der Waals surface area contributed by atoms with Crippen molar-refractivity contribution in [2.75, 3.05) is 27.4 Å². The van der Waals surface area contributed by atoms with Crippen LogP contribution in [0.4, 0.5) is 24.1 Å². The van der Waals surface area contributed by atoms with E-state index < -0.39 is 130 Å². The molecule has 0 aromatic heterocycles. The number of nitrogens with one attached hydrogen (secondary N) is 1. The lowest BCUT2D eigenvalue weighted by molar-refractivity contribution is -0.384. The van der Waals surface area contributed by atoms with Crippen LogP contribution in [0.15, 0.2) is 72.8 Å². The SMILES string of the molecule is CC(C)(C)OC(=O)CC[C@H](CC(=O)C[C@@H](CCCCN)C(=O)OC(C)(C)C)C(=O)OC(C)(C)C.CC(C)(C)OC(=O)CC[C@H](CC(=O)C[C@@H](CCCCNC(=O)CCc1ccc(OC(=O)O)cc1)C(=O)OC(C)(C)C)C(=O)OC(C)(C)C.NCc1ccc(CC(=O)O)cc1.O=C(Cl)Oc1ccc([N+](=O)[O-])cc1.[2H]CF.[2H]CF. The number of unbranched alkanes of at least 4 members (excludes halogenated alkanes) is 2. The highest BCUT2D eigenvalue weighted by atomic mass is 35.5. The van der Waals surface area contributed by atoms with E-state index in [0.29, 0.717) is 58.2 Å². The summed E-state index contributed by atoms with van der Waals surface area (Å²) < 4.78 is 72.8. The Balaban J connectivity index is -0.00000159. The number of ether oxygens (including phenoxy) is 8. The van der Waals surface area contributed by atoms with Crippen molar-refractivity contribution in [3.8, 4) is 11.5 Å². The Morgan fingerprint density at radius 3 is 1.12 bits per heavy atom. The Morgan fingerprint density at radius 2 is 0.802 bits per heavy atom. The molecule has 0 bridgehead atoms. The summed E-state index contributed by atoms with van der Waals surface area (Å²) in [6.45, 7) is 32.9. The predicted molar refractivity (Wildman–Crippen MR) is 414 cm³/mol. The average Bonchev–Trinajstić information content (AvgIpc) is 0.841. The van der Waals surface area contributed by atoms with Crippen LogP contribution in [0.5, 0.6) is 11.5 Å². The van der Waals surface area contributed by atoms with Crippen LogP contribution in [0.1, 0.15) is 240 Å². The molecule has 0 fully saturated rings. The quantitative estimate of drug-likeness (QED) is 0.00686. The number of nitro groups is 1. The first kappa shape index (κ1) is 102. The average molecular weight is 1600 g/mol. The number of nitrogens with zero attached hydrogens (tertiary/aromatic N) is 1. The molecule has 0 saturated heterocycles. The van der Waals surface area contributed by atoms with Gasteiger partial charge in [-0.2, -0.15) is 0 Å². The zero-order valence-electron chi connectivity index (χ0n) is 69.9. The third-order valence-electron chi connectivity index (χ3n) is 14.0. The number of ketones is 2. The second-order valence-corrected chi connectivity index (χ2v) is 31.7. The zero-order valence-corrected chi connectivity index (χ0v) is 68.7. The number of Topliss-reactive ketones (excluding diaryl/α,β-unsaturated/α-hetero) is 2. The molecule has 4 atom stereocenters. The van der Waals surface area contributed by atoms with E-state index in [1.165, 1.54) is 36.4 Å². The molecule has 628 valence electrons. The molecule has 1 amide bonds. The van der Waals surface area contributed by atoms with E-state index in [-0.39, 0.29) is 98.9 Å². The number of halogens is 3. The largest absolute Gasteiger partial charge is 0.511 e. The van der Waals surface area contributed by atoms with Crippen LogP contribution in [-0.4, -0.2) is 147 Å². The summed E-state index contributed by atoms with van der Waals surface area (Å²) >= 11 is 4.92. The van der Waals surface area contributed by atoms with Crippen molar-refractivity contribution in [1.82, 2.24) is 5.32 Å². The number of carbonyl (C=O) groups is 12. The van der Waals surface area contributed by atoms with E-state index >= 15 is 0 Å². The summed E-state index contributed by atoms with van der Waals surface area (Å²) in [5.74, 6) is -7.19. The highest BCUT2D eigenvalue weighted by molar-refractivity contribution is 6.61. The van der Waals surface area contributed by atoms with Crippen LogP contribution in [0.2, 0.25) is 0 Å². The minimum Gasteiger partial charge on any atom is -0.481 e. The molecule has 31 heteroatoms. The van der Waals surface area contributed by atoms with E-state index in [1.807, 2.05) is 12.1 Å². The van der Waals surface area contributed by atoms with Gasteiger partial charge < -0.3 is 64.9 Å². The molecule has 0 aliphatic carbocycles. The minimum absolute atomic E-state index is 0.0134. The molecular formula is C80H123ClF2N4O24. The number of aliphatic carboxylic acids is 1. The summed E-state index contributed by atoms with van der Waals surface area (Å²) in [4.78, 5) is 155. The Bertz CT molecular complexity index is 3400. The lowest BCUT2D eigenvalue weighted by Crippen LogP contribution is -2.33. The number of amides is 1. The van der Waals surface area contributed by atoms with Gasteiger partial charge in [0.25, 0.3) is 5.69 Å². The smallest absolute Gasteiger partial charge is 0.481 e. The van der Waals surface area contributed by atoms with Crippen LogP contribution in [0.25, 0.3) is 0 Å². The lowest BCUT2D eigenvalue weighted by Gasteiger charge is -2.25. The Kier molecular flexibility index (Phi) is 49.4. The van der Waals surface area contributed by atoms with Crippen LogP contribution in [-0.2, 0) is 95.8 Å². The number of carboxylic acid groups (broad SMARTS) is 2. The molecule has 3 aromatic carbocycles. The van der Waals surface area contributed by atoms with Gasteiger partial charge in [-0.05, 0) is 217 Å². The van der Waals surface area contributed by atoms with E-state index in [0.717, 1.165) is 23.1 Å². The first-order valence-corrected chi connectivity index (χ1v) is 36.5. The van der Waals surface area contributed by atoms with Gasteiger partial charge in [0.15, 0.2) is 0 Å². The number of carbonyl (C=O) groups excluding carboxylic acids is 10. The number of alkyl halides is 2. The minimum atomic E-state index is -1.40. The van der Waals surface area contributed by atoms with Crippen LogP contribution < -0.4 is 26.3 Å². The van der Waals surface area contributed by atoms with Gasteiger partial charge in [0, 0.05) is 81.8 Å². The fraction of sp³-hybridized carbons (Fsp3) is 0.625. The number of hydrogen-bond acceptors (Lipinski definition) is 24. The maximum absolute atomic E-state index is 13.3. The summed E-state index contributed by atoms with van der Waals surface area (Å²) in [7, 11) is -2.00. The first-order valence-electron chi connectivity index (χ1n) is 37.6. The number of carboxylic acids is 1. The van der Waals surface area contributed by atoms with Gasteiger partial charge >= 0.3 is 53.4 Å². The predicted octanol–water partition coefficient (Wildman–Crippen LogP) is 15.1. The molecule has 0 radical (unpaired) electrons. The Labute approximate surface area is 660 Å². The second kappa shape index (κ2) is 53.8. The molecule has 0 heterocycles. The van der Waals surface area contributed by atoms with Gasteiger partial charge in [-0.15, -0.1) is 0 Å². The number of nitrogens with two attached hydrogens (primary N) is 2. The fourth-order valence-electron chi connectivity index (χ4n) is 9.53. The van der Waals surface area contributed by atoms with Crippen molar-refractivity contribution in [2.45, 2.75) is 274 Å². The molecule has 0 saturated carbocycles. The summed E-state index contributed by atoms with van der Waals surface area (Å²) in [5, 5.41) is 30.2. The van der Waals surface area contributed by atoms with Crippen molar-refractivity contribution in [2.24, 2.45) is 35.1 Å². The molecule has 0 unspecified atom stereocenters. The van der Waals surface area contributed by atoms with Crippen LogP contribution in [0.3, 0.4) is 0 Å². The maximum Gasteiger partial charge on any atom is 0.511 e. The molecule has 111 heavy (non-hydrogen) atoms. The van der Waals surface area contributed by atoms with Crippen molar-refractivity contribution >= 4 is 88.1 Å². The Morgan fingerprint density at radius 1 is 0.477 bits per heavy atom. The van der Waals surface area contributed by atoms with Crippen molar-refractivity contribution in [3.05, 3.63) is 99.6 Å². The number of nitro benzene ring substituents is 1. The molecular weight excluding hydrogens is 1470 g/mol. The Hall–Kier alpha value is -9.03. The van der Waals surface area contributed by atoms with Gasteiger partial charge in [-0.1, -0.05) is 49.2 Å². The number of esters is 6. The standard InChI is InChI=1S/C36H55NO11.C26H47NO7.C9H11NO2.C7H4ClNO4.2CH3F/c1-34(2,3)46-30(40)20-16-26(32(42)48-36(7,8)9)23-27(38)22-25(31(41)47-35(4,5)6)12-10-11-21-37-29(39)19-15-24-13-17-28(18-14-24)45-33(43)44;1-24(2,3)32-21(29)14-13-19(23(31)34-26(7,8)9)17-20(28)16-18(12-10-11-15-27)22(30)33-25(4,5)6;10-6-8-3-1-7(2-4-8)5-9(11)12;8-7(10)13-6-3-1-5(2-4-6)9(11)12;2*1-2/h13-14,17-18,25-26H,10-12,15-16,19-23H2,1-9H3,(H,37,39)(H,43,44);18-19H,10-17,27H2,1-9H3;1-4H,5-6,10H2,(H,11,12);1-4H;2*1H3/t25-,26-;18-,19-;;;;/m11..../s1/i;;;;2*1D. The molecule has 0 aliphatic heterocycles. The van der Waals surface area contributed by atoms with Crippen LogP contribution in [0, 0.1) is 33.8 Å². The van der Waals surface area contributed by atoms with E-state index in [1.54, 1.807) is 149 Å². The van der Waals surface area contributed by atoms with Gasteiger partial charge in [-0.3, -0.25) is 66.8 Å². The molecule has 7 N–H and O–H groups in total. The van der Waals surface area contributed by atoms with E-state index in [4.69, 9.17) is 64.4 Å². The number of hydrogen-bond donors (Lipinski definition) is 5. The van der Waals surface area contributed by atoms with Gasteiger partial charge in [0.05, 0.1) is 52.1 Å². The van der Waals surface area contributed by atoms with E-state index in [2.05, 4.69) is 14.8 Å². The molecule has 0 aliphatic rings. The van der Waals surface area contributed by atoms with Crippen molar-refractivity contribution in [1.29, 1.82) is 0 Å². The summed E-state index contributed by atoms with van der Waals surface area (Å²) in [6.07, 6.45) is 2.37. The second-order valence-electron chi connectivity index (χ2n) is 31.4. The third kappa shape index (κ3) is 59.5. The topological polar surface area (TPSA) is 426 Å². The van der Waals surface area contributed by atoms with Gasteiger partial charge in [0.2, 0.25) is 5.91 Å². The molecule has 28 nitrogen and oxygen atoms in total. The lowest BCUT2D eigenvalue weighted by atomic mass is 9.90. The highest BCUT2D eigenvalue weighted by Crippen LogP contribution is 2.28. The maximum atomic E-state index is 13.3.